The van der Waals surface area contributed by atoms with Gasteiger partial charge in [0.15, 0.2) is 0 Å². The van der Waals surface area contributed by atoms with Gasteiger partial charge < -0.3 is 10.1 Å². The van der Waals surface area contributed by atoms with Crippen LogP contribution in [-0.2, 0) is 6.54 Å². The van der Waals surface area contributed by atoms with Crippen molar-refractivity contribution >= 4 is 31.9 Å². The zero-order chi connectivity index (χ0) is 14.6. The summed E-state index contributed by atoms with van der Waals surface area (Å²) in [6, 6.07) is 4.30. The Morgan fingerprint density at radius 1 is 1.15 bits per heavy atom. The van der Waals surface area contributed by atoms with Crippen molar-refractivity contribution in [2.45, 2.75) is 58.0 Å². The summed E-state index contributed by atoms with van der Waals surface area (Å²) in [6.45, 7) is 5.93. The summed E-state index contributed by atoms with van der Waals surface area (Å²) < 4.78 is 7.65. The van der Waals surface area contributed by atoms with Crippen LogP contribution in [-0.4, -0.2) is 12.1 Å². The lowest BCUT2D eigenvalue weighted by atomic mass is 9.83. The molecular formula is C16H23Br2NO. The van der Waals surface area contributed by atoms with Gasteiger partial charge in [-0.3, -0.25) is 0 Å². The molecule has 0 aliphatic heterocycles. The van der Waals surface area contributed by atoms with Gasteiger partial charge in [0.1, 0.15) is 5.75 Å². The highest BCUT2D eigenvalue weighted by Gasteiger charge is 2.25. The SMILES string of the molecule is CCOc1c(Br)cc(CNC2(C)CCCCC2)cc1Br. The molecule has 1 saturated carbocycles. The number of hydrogen-bond acceptors (Lipinski definition) is 2. The van der Waals surface area contributed by atoms with E-state index in [4.69, 9.17) is 4.74 Å². The molecule has 4 heteroatoms. The topological polar surface area (TPSA) is 21.3 Å². The second kappa shape index (κ2) is 7.28. The van der Waals surface area contributed by atoms with Crippen LogP contribution in [0.3, 0.4) is 0 Å². The van der Waals surface area contributed by atoms with Crippen molar-refractivity contribution in [1.29, 1.82) is 0 Å². The number of rotatable bonds is 5. The minimum absolute atomic E-state index is 0.301. The molecule has 0 heterocycles. The normalized spacial score (nSPS) is 18.0. The van der Waals surface area contributed by atoms with Crippen molar-refractivity contribution in [2.24, 2.45) is 0 Å². The molecule has 0 radical (unpaired) electrons. The molecule has 2 nitrogen and oxygen atoms in total. The molecule has 20 heavy (non-hydrogen) atoms. The average molecular weight is 405 g/mol. The maximum atomic E-state index is 5.62. The summed E-state index contributed by atoms with van der Waals surface area (Å²) in [7, 11) is 0. The molecule has 1 aromatic rings. The standard InChI is InChI=1S/C16H23Br2NO/c1-3-20-15-13(17)9-12(10-14(15)18)11-19-16(2)7-5-4-6-8-16/h9-10,19H,3-8,11H2,1-2H3. The van der Waals surface area contributed by atoms with E-state index in [2.05, 4.69) is 56.2 Å². The van der Waals surface area contributed by atoms with Gasteiger partial charge in [0.25, 0.3) is 0 Å². The minimum atomic E-state index is 0.301. The average Bonchev–Trinajstić information content (AvgIpc) is 2.42. The first-order valence-corrected chi connectivity index (χ1v) is 8.98. The van der Waals surface area contributed by atoms with Crippen molar-refractivity contribution < 1.29 is 4.74 Å². The van der Waals surface area contributed by atoms with Gasteiger partial charge in [-0.25, -0.2) is 0 Å². The predicted octanol–water partition coefficient (Wildman–Crippen LogP) is 5.42. The van der Waals surface area contributed by atoms with Gasteiger partial charge in [0, 0.05) is 12.1 Å². The molecular weight excluding hydrogens is 382 g/mol. The van der Waals surface area contributed by atoms with Gasteiger partial charge in [-0.1, -0.05) is 19.3 Å². The predicted molar refractivity (Wildman–Crippen MR) is 91.3 cm³/mol. The van der Waals surface area contributed by atoms with Crippen molar-refractivity contribution in [1.82, 2.24) is 5.32 Å². The zero-order valence-corrected chi connectivity index (χ0v) is 15.4. The molecule has 2 rings (SSSR count). The lowest BCUT2D eigenvalue weighted by Gasteiger charge is -2.35. The Balaban J connectivity index is 2.03. The number of ether oxygens (including phenoxy) is 1. The fourth-order valence-electron chi connectivity index (χ4n) is 2.82. The van der Waals surface area contributed by atoms with Crippen LogP contribution in [0.15, 0.2) is 21.1 Å². The van der Waals surface area contributed by atoms with Gasteiger partial charge in [0.2, 0.25) is 0 Å². The summed E-state index contributed by atoms with van der Waals surface area (Å²) in [6.07, 6.45) is 6.65. The van der Waals surface area contributed by atoms with Gasteiger partial charge in [-0.05, 0) is 76.2 Å². The highest BCUT2D eigenvalue weighted by Crippen LogP contribution is 2.35. The van der Waals surface area contributed by atoms with E-state index in [1.807, 2.05) is 6.92 Å². The fourth-order valence-corrected chi connectivity index (χ4v) is 4.33. The molecule has 0 bridgehead atoms. The Labute approximate surface area is 138 Å². The molecule has 0 unspecified atom stereocenters. The van der Waals surface area contributed by atoms with Gasteiger partial charge in [0.05, 0.1) is 15.6 Å². The van der Waals surface area contributed by atoms with E-state index in [0.29, 0.717) is 12.1 Å². The molecule has 0 spiro atoms. The minimum Gasteiger partial charge on any atom is -0.492 e. The smallest absolute Gasteiger partial charge is 0.147 e. The second-order valence-electron chi connectivity index (χ2n) is 5.80. The van der Waals surface area contributed by atoms with Crippen LogP contribution >= 0.6 is 31.9 Å². The molecule has 0 atom stereocenters. The van der Waals surface area contributed by atoms with E-state index >= 15 is 0 Å². The molecule has 1 N–H and O–H groups in total. The third-order valence-electron chi connectivity index (χ3n) is 4.02. The summed E-state index contributed by atoms with van der Waals surface area (Å²) in [4.78, 5) is 0. The largest absolute Gasteiger partial charge is 0.492 e. The molecule has 1 aromatic carbocycles. The highest BCUT2D eigenvalue weighted by molar-refractivity contribution is 9.11. The van der Waals surface area contributed by atoms with Crippen molar-refractivity contribution in [2.75, 3.05) is 6.61 Å². The van der Waals surface area contributed by atoms with E-state index in [-0.39, 0.29) is 0 Å². The molecule has 1 aliphatic carbocycles. The van der Waals surface area contributed by atoms with Crippen LogP contribution < -0.4 is 10.1 Å². The van der Waals surface area contributed by atoms with Crippen LogP contribution in [0, 0.1) is 0 Å². The molecule has 0 amide bonds. The van der Waals surface area contributed by atoms with Gasteiger partial charge >= 0.3 is 0 Å². The fraction of sp³-hybridized carbons (Fsp3) is 0.625. The van der Waals surface area contributed by atoms with E-state index < -0.39 is 0 Å². The Morgan fingerprint density at radius 2 is 1.75 bits per heavy atom. The Kier molecular flexibility index (Phi) is 5.94. The first-order valence-electron chi connectivity index (χ1n) is 7.40. The number of halogens is 2. The number of nitrogens with one attached hydrogen (secondary N) is 1. The van der Waals surface area contributed by atoms with Gasteiger partial charge in [-0.2, -0.15) is 0 Å². The molecule has 1 aliphatic rings. The zero-order valence-electron chi connectivity index (χ0n) is 12.3. The van der Waals surface area contributed by atoms with Crippen LogP contribution in [0.1, 0.15) is 51.5 Å². The van der Waals surface area contributed by atoms with Crippen molar-refractivity contribution in [3.05, 3.63) is 26.6 Å². The quantitative estimate of drug-likeness (QED) is 0.706. The van der Waals surface area contributed by atoms with Crippen molar-refractivity contribution in [3.8, 4) is 5.75 Å². The second-order valence-corrected chi connectivity index (χ2v) is 7.51. The van der Waals surface area contributed by atoms with E-state index in [1.165, 1.54) is 37.7 Å². The van der Waals surface area contributed by atoms with Crippen molar-refractivity contribution in [3.63, 3.8) is 0 Å². The monoisotopic (exact) mass is 403 g/mol. The molecule has 0 saturated heterocycles. The summed E-state index contributed by atoms with van der Waals surface area (Å²) >= 11 is 7.19. The third kappa shape index (κ3) is 4.22. The highest BCUT2D eigenvalue weighted by atomic mass is 79.9. The molecule has 0 aromatic heterocycles. The number of benzene rings is 1. The lowest BCUT2D eigenvalue weighted by Crippen LogP contribution is -2.43. The third-order valence-corrected chi connectivity index (χ3v) is 5.20. The Morgan fingerprint density at radius 3 is 2.30 bits per heavy atom. The first-order chi connectivity index (χ1) is 9.54. The number of hydrogen-bond donors (Lipinski definition) is 1. The summed E-state index contributed by atoms with van der Waals surface area (Å²) in [5.41, 5.74) is 1.58. The Hall–Kier alpha value is -0.0600. The van der Waals surface area contributed by atoms with E-state index in [0.717, 1.165) is 21.2 Å². The summed E-state index contributed by atoms with van der Waals surface area (Å²) in [5, 5.41) is 3.74. The lowest BCUT2D eigenvalue weighted by molar-refractivity contribution is 0.252. The Bertz CT molecular complexity index is 433. The summed E-state index contributed by atoms with van der Waals surface area (Å²) in [5.74, 6) is 0.889. The molecule has 1 fully saturated rings. The van der Waals surface area contributed by atoms with Crippen LogP contribution in [0.4, 0.5) is 0 Å². The van der Waals surface area contributed by atoms with Gasteiger partial charge in [-0.15, -0.1) is 0 Å². The van der Waals surface area contributed by atoms with E-state index in [1.54, 1.807) is 0 Å². The van der Waals surface area contributed by atoms with E-state index in [9.17, 15) is 0 Å². The first kappa shape index (κ1) is 16.3. The maximum Gasteiger partial charge on any atom is 0.147 e. The van der Waals surface area contributed by atoms with Crippen LogP contribution in [0.2, 0.25) is 0 Å². The maximum absolute atomic E-state index is 5.62. The van der Waals surface area contributed by atoms with Crippen LogP contribution in [0.25, 0.3) is 0 Å². The molecule has 112 valence electrons. The van der Waals surface area contributed by atoms with Crippen LogP contribution in [0.5, 0.6) is 5.75 Å².